The smallest absolute Gasteiger partial charge is 0.204 e. The van der Waals surface area contributed by atoms with Gasteiger partial charge in [0, 0.05) is 18.0 Å². The first-order valence-electron chi connectivity index (χ1n) is 4.39. The van der Waals surface area contributed by atoms with E-state index in [-0.39, 0.29) is 5.78 Å². The molecule has 0 spiro atoms. The normalized spacial score (nSPS) is 10.3. The molecule has 4 heteroatoms. The van der Waals surface area contributed by atoms with E-state index in [1.54, 1.807) is 24.5 Å². The SMILES string of the molecule is Cc1cc(C(=O)c2cccnc2)sc1Br. The average Bonchev–Trinajstić information content (AvgIpc) is 2.59. The van der Waals surface area contributed by atoms with Gasteiger partial charge in [0.2, 0.25) is 5.78 Å². The molecular formula is C11H8BrNOS. The van der Waals surface area contributed by atoms with Crippen LogP contribution in [0.2, 0.25) is 0 Å². The van der Waals surface area contributed by atoms with Gasteiger partial charge in [-0.15, -0.1) is 11.3 Å². The first-order valence-corrected chi connectivity index (χ1v) is 6.00. The van der Waals surface area contributed by atoms with Gasteiger partial charge in [-0.1, -0.05) is 0 Å². The van der Waals surface area contributed by atoms with Crippen LogP contribution < -0.4 is 0 Å². The predicted octanol–water partition coefficient (Wildman–Crippen LogP) is 3.45. The molecule has 76 valence electrons. The van der Waals surface area contributed by atoms with Crippen LogP contribution in [-0.4, -0.2) is 10.8 Å². The lowest BCUT2D eigenvalue weighted by molar-refractivity contribution is 0.104. The number of aromatic nitrogens is 1. The van der Waals surface area contributed by atoms with Crippen LogP contribution in [0.3, 0.4) is 0 Å². The first kappa shape index (κ1) is 10.5. The van der Waals surface area contributed by atoms with Crippen molar-refractivity contribution in [2.75, 3.05) is 0 Å². The number of thiophene rings is 1. The maximum absolute atomic E-state index is 12.0. The topological polar surface area (TPSA) is 30.0 Å². The van der Waals surface area contributed by atoms with E-state index in [2.05, 4.69) is 20.9 Å². The fraction of sp³-hybridized carbons (Fsp3) is 0.0909. The van der Waals surface area contributed by atoms with Crippen molar-refractivity contribution < 1.29 is 4.79 Å². The zero-order valence-corrected chi connectivity index (χ0v) is 10.4. The van der Waals surface area contributed by atoms with Crippen molar-refractivity contribution in [3.63, 3.8) is 0 Å². The molecule has 0 aliphatic carbocycles. The summed E-state index contributed by atoms with van der Waals surface area (Å²) in [4.78, 5) is 16.6. The number of carbonyl (C=O) groups excluding carboxylic acids is 1. The third-order valence-electron chi connectivity index (χ3n) is 2.00. The second kappa shape index (κ2) is 4.24. The minimum absolute atomic E-state index is 0.0295. The molecule has 0 N–H and O–H groups in total. The van der Waals surface area contributed by atoms with Gasteiger partial charge in [-0.25, -0.2) is 0 Å². The van der Waals surface area contributed by atoms with Crippen molar-refractivity contribution in [1.29, 1.82) is 0 Å². The quantitative estimate of drug-likeness (QED) is 0.790. The average molecular weight is 282 g/mol. The number of carbonyl (C=O) groups is 1. The van der Waals surface area contributed by atoms with Crippen molar-refractivity contribution in [1.82, 2.24) is 4.98 Å². The molecule has 0 aliphatic heterocycles. The summed E-state index contributed by atoms with van der Waals surface area (Å²) in [5, 5.41) is 0. The van der Waals surface area contributed by atoms with E-state index < -0.39 is 0 Å². The lowest BCUT2D eigenvalue weighted by Gasteiger charge is -1.95. The third kappa shape index (κ3) is 2.16. The van der Waals surface area contributed by atoms with E-state index >= 15 is 0 Å². The van der Waals surface area contributed by atoms with E-state index in [4.69, 9.17) is 0 Å². The molecule has 2 aromatic heterocycles. The fourth-order valence-electron chi connectivity index (χ4n) is 1.21. The maximum Gasteiger partial charge on any atom is 0.204 e. The Morgan fingerprint density at radius 2 is 2.33 bits per heavy atom. The number of halogens is 1. The summed E-state index contributed by atoms with van der Waals surface area (Å²) in [5.74, 6) is 0.0295. The minimum atomic E-state index is 0.0295. The zero-order chi connectivity index (χ0) is 10.8. The Bertz CT molecular complexity index is 473. The number of aryl methyl sites for hydroxylation is 1. The molecule has 0 saturated heterocycles. The monoisotopic (exact) mass is 281 g/mol. The Morgan fingerprint density at radius 3 is 2.87 bits per heavy atom. The molecule has 0 aliphatic rings. The first-order chi connectivity index (χ1) is 7.18. The van der Waals surface area contributed by atoms with Gasteiger partial charge in [0.05, 0.1) is 8.66 Å². The van der Waals surface area contributed by atoms with E-state index in [9.17, 15) is 4.79 Å². The Hall–Kier alpha value is -1.00. The number of hydrogen-bond donors (Lipinski definition) is 0. The van der Waals surface area contributed by atoms with Crippen LogP contribution >= 0.6 is 27.3 Å². The molecule has 0 atom stereocenters. The minimum Gasteiger partial charge on any atom is -0.288 e. The van der Waals surface area contributed by atoms with Crippen molar-refractivity contribution in [3.05, 3.63) is 50.4 Å². The highest BCUT2D eigenvalue weighted by atomic mass is 79.9. The van der Waals surface area contributed by atoms with E-state index in [0.29, 0.717) is 5.56 Å². The number of pyridine rings is 1. The molecule has 2 rings (SSSR count). The maximum atomic E-state index is 12.0. The molecule has 0 aromatic carbocycles. The Balaban J connectivity index is 2.37. The Morgan fingerprint density at radius 1 is 1.53 bits per heavy atom. The van der Waals surface area contributed by atoms with Gasteiger partial charge in [-0.3, -0.25) is 9.78 Å². The highest BCUT2D eigenvalue weighted by Crippen LogP contribution is 2.28. The largest absolute Gasteiger partial charge is 0.288 e. The Labute approximate surface area is 100 Å². The van der Waals surface area contributed by atoms with Crippen molar-refractivity contribution in [2.24, 2.45) is 0 Å². The van der Waals surface area contributed by atoms with Gasteiger partial charge in [0.1, 0.15) is 0 Å². The van der Waals surface area contributed by atoms with Crippen LogP contribution in [0.4, 0.5) is 0 Å². The van der Waals surface area contributed by atoms with Crippen LogP contribution in [0.15, 0.2) is 34.4 Å². The summed E-state index contributed by atoms with van der Waals surface area (Å²) in [7, 11) is 0. The molecule has 0 fully saturated rings. The van der Waals surface area contributed by atoms with Gasteiger partial charge in [0.25, 0.3) is 0 Å². The van der Waals surface area contributed by atoms with E-state index in [0.717, 1.165) is 14.2 Å². The van der Waals surface area contributed by atoms with Crippen LogP contribution in [0.1, 0.15) is 20.8 Å². The van der Waals surface area contributed by atoms with Gasteiger partial charge in [-0.2, -0.15) is 0 Å². The van der Waals surface area contributed by atoms with Crippen molar-refractivity contribution in [2.45, 2.75) is 6.92 Å². The lowest BCUT2D eigenvalue weighted by Crippen LogP contribution is -1.98. The molecule has 2 nitrogen and oxygen atoms in total. The summed E-state index contributed by atoms with van der Waals surface area (Å²) in [6, 6.07) is 5.44. The van der Waals surface area contributed by atoms with Crippen LogP contribution in [0.25, 0.3) is 0 Å². The second-order valence-electron chi connectivity index (χ2n) is 3.14. The molecule has 0 bridgehead atoms. The van der Waals surface area contributed by atoms with E-state index in [1.165, 1.54) is 11.3 Å². The molecular weight excluding hydrogens is 274 g/mol. The number of nitrogens with zero attached hydrogens (tertiary/aromatic N) is 1. The van der Waals surface area contributed by atoms with Crippen molar-refractivity contribution >= 4 is 33.0 Å². The fourth-order valence-corrected chi connectivity index (χ4v) is 2.71. The molecule has 0 radical (unpaired) electrons. The van der Waals surface area contributed by atoms with Crippen molar-refractivity contribution in [3.8, 4) is 0 Å². The third-order valence-corrected chi connectivity index (χ3v) is 4.14. The summed E-state index contributed by atoms with van der Waals surface area (Å²) in [6.07, 6.45) is 3.25. The molecule has 0 saturated carbocycles. The highest BCUT2D eigenvalue weighted by molar-refractivity contribution is 9.11. The van der Waals surface area contributed by atoms with Gasteiger partial charge in [0.15, 0.2) is 0 Å². The highest BCUT2D eigenvalue weighted by Gasteiger charge is 2.13. The Kier molecular flexibility index (Phi) is 2.98. The molecule has 0 unspecified atom stereocenters. The second-order valence-corrected chi connectivity index (χ2v) is 5.51. The predicted molar refractivity (Wildman–Crippen MR) is 64.4 cm³/mol. The number of rotatable bonds is 2. The molecule has 2 aromatic rings. The van der Waals surface area contributed by atoms with Crippen LogP contribution in [0, 0.1) is 6.92 Å². The summed E-state index contributed by atoms with van der Waals surface area (Å²) < 4.78 is 1.01. The summed E-state index contributed by atoms with van der Waals surface area (Å²) in [6.45, 7) is 1.97. The standard InChI is InChI=1S/C11H8BrNOS/c1-7-5-9(15-11(7)12)10(14)8-3-2-4-13-6-8/h2-6H,1H3. The van der Waals surface area contributed by atoms with Crippen LogP contribution in [-0.2, 0) is 0 Å². The van der Waals surface area contributed by atoms with Gasteiger partial charge in [-0.05, 0) is 46.6 Å². The van der Waals surface area contributed by atoms with E-state index in [1.807, 2.05) is 13.0 Å². The zero-order valence-electron chi connectivity index (χ0n) is 8.03. The molecule has 15 heavy (non-hydrogen) atoms. The molecule has 0 amide bonds. The van der Waals surface area contributed by atoms with Crippen LogP contribution in [0.5, 0.6) is 0 Å². The molecule has 2 heterocycles. The summed E-state index contributed by atoms with van der Waals surface area (Å²) >= 11 is 4.86. The number of ketones is 1. The lowest BCUT2D eigenvalue weighted by atomic mass is 10.1. The van der Waals surface area contributed by atoms with Gasteiger partial charge >= 0.3 is 0 Å². The summed E-state index contributed by atoms with van der Waals surface area (Å²) in [5.41, 5.74) is 1.72. The van der Waals surface area contributed by atoms with Gasteiger partial charge < -0.3 is 0 Å². The number of hydrogen-bond acceptors (Lipinski definition) is 3.